The first-order valence-corrected chi connectivity index (χ1v) is 9.60. The van der Waals surface area contributed by atoms with Gasteiger partial charge in [0.1, 0.15) is 0 Å². The number of hydrogen-bond donors (Lipinski definition) is 4. The second-order valence-electron chi connectivity index (χ2n) is 9.25. The van der Waals surface area contributed by atoms with E-state index in [1.807, 2.05) is 69.2 Å². The van der Waals surface area contributed by atoms with Crippen LogP contribution in [0, 0.1) is 0 Å². The van der Waals surface area contributed by atoms with Gasteiger partial charge in [0.05, 0.1) is 0 Å². The van der Waals surface area contributed by atoms with Gasteiger partial charge in [-0.25, -0.2) is 21.3 Å². The van der Waals surface area contributed by atoms with Crippen LogP contribution in [0.4, 0.5) is 9.59 Å². The molecule has 2 atom stereocenters. The number of hydrazine groups is 2. The number of hydrogen-bond acceptors (Lipinski definition) is 6. The van der Waals surface area contributed by atoms with E-state index in [-0.39, 0.29) is 0 Å². The van der Waals surface area contributed by atoms with Gasteiger partial charge in [-0.2, -0.15) is 10.2 Å². The van der Waals surface area contributed by atoms with Crippen molar-refractivity contribution in [2.75, 3.05) is 0 Å². The average molecular weight is 401 g/mol. The standard InChI is InChI=1S/C18H40N8O2/c1-11-17(9,25(13(27)21-19)15(3,4)5)23-24-18(10,12-2)26(14(28)22-20)16(6,7)8/h11-12,19-20H2,1-10H3,(H,21,27)(H,22,28)/b24-23+. The minimum atomic E-state index is -0.971. The highest BCUT2D eigenvalue weighted by molar-refractivity contribution is 5.75. The van der Waals surface area contributed by atoms with E-state index in [9.17, 15) is 9.59 Å². The van der Waals surface area contributed by atoms with Crippen LogP contribution < -0.4 is 22.5 Å². The number of azo groups is 1. The van der Waals surface area contributed by atoms with Crippen molar-refractivity contribution in [1.29, 1.82) is 0 Å². The number of nitrogens with two attached hydrogens (primary N) is 2. The molecule has 0 bridgehead atoms. The molecule has 0 rings (SSSR count). The van der Waals surface area contributed by atoms with Gasteiger partial charge in [-0.05, 0) is 68.2 Å². The van der Waals surface area contributed by atoms with Gasteiger partial charge in [-0.1, -0.05) is 13.8 Å². The molecule has 28 heavy (non-hydrogen) atoms. The lowest BCUT2D eigenvalue weighted by Gasteiger charge is -2.47. The first kappa shape index (κ1) is 26.1. The molecule has 0 fully saturated rings. The largest absolute Gasteiger partial charge is 0.333 e. The minimum Gasteiger partial charge on any atom is -0.292 e. The molecule has 4 amide bonds. The number of urea groups is 2. The summed E-state index contributed by atoms with van der Waals surface area (Å²) in [6, 6.07) is -0.914. The summed E-state index contributed by atoms with van der Waals surface area (Å²) in [5.41, 5.74) is 1.32. The SMILES string of the molecule is CCC(C)(/N=N/C(C)(CC)N(C(=O)NN)C(C)(C)C)N(C(=O)NN)C(C)(C)C. The highest BCUT2D eigenvalue weighted by Gasteiger charge is 2.44. The summed E-state index contributed by atoms with van der Waals surface area (Å²) in [4.78, 5) is 28.1. The molecule has 0 aliphatic rings. The van der Waals surface area contributed by atoms with Crippen molar-refractivity contribution in [3.63, 3.8) is 0 Å². The van der Waals surface area contributed by atoms with Crippen LogP contribution in [-0.4, -0.2) is 44.3 Å². The Morgan fingerprint density at radius 1 is 0.714 bits per heavy atom. The lowest BCUT2D eigenvalue weighted by atomic mass is 9.98. The fraction of sp³-hybridized carbons (Fsp3) is 0.889. The Morgan fingerprint density at radius 3 is 1.11 bits per heavy atom. The van der Waals surface area contributed by atoms with Gasteiger partial charge in [-0.15, -0.1) is 0 Å². The van der Waals surface area contributed by atoms with E-state index in [4.69, 9.17) is 11.7 Å². The second kappa shape index (κ2) is 9.04. The Hall–Kier alpha value is -1.94. The van der Waals surface area contributed by atoms with Gasteiger partial charge in [-0.3, -0.25) is 20.7 Å². The summed E-state index contributed by atoms with van der Waals surface area (Å²) >= 11 is 0. The van der Waals surface area contributed by atoms with Crippen LogP contribution in [-0.2, 0) is 0 Å². The molecule has 10 heteroatoms. The molecule has 0 heterocycles. The number of carbonyl (C=O) groups is 2. The quantitative estimate of drug-likeness (QED) is 0.235. The van der Waals surface area contributed by atoms with E-state index in [2.05, 4.69) is 21.1 Å². The Labute approximate surface area is 169 Å². The van der Waals surface area contributed by atoms with Gasteiger partial charge in [0.2, 0.25) is 0 Å². The average Bonchev–Trinajstić information content (AvgIpc) is 2.57. The van der Waals surface area contributed by atoms with Crippen LogP contribution in [0.1, 0.15) is 82.1 Å². The maximum Gasteiger partial charge on any atom is 0.333 e. The number of nitrogens with zero attached hydrogens (tertiary/aromatic N) is 4. The molecular formula is C18H40N8O2. The summed E-state index contributed by atoms with van der Waals surface area (Å²) in [6.45, 7) is 18.8. The number of amides is 4. The molecule has 0 saturated heterocycles. The zero-order valence-corrected chi connectivity index (χ0v) is 19.2. The summed E-state index contributed by atoms with van der Waals surface area (Å²) < 4.78 is 0. The maximum atomic E-state index is 12.5. The monoisotopic (exact) mass is 400 g/mol. The Morgan fingerprint density at radius 2 is 0.964 bits per heavy atom. The molecule has 164 valence electrons. The highest BCUT2D eigenvalue weighted by atomic mass is 16.2. The van der Waals surface area contributed by atoms with Crippen molar-refractivity contribution in [1.82, 2.24) is 20.7 Å². The van der Waals surface area contributed by atoms with E-state index >= 15 is 0 Å². The fourth-order valence-corrected chi connectivity index (χ4v) is 3.38. The highest BCUT2D eigenvalue weighted by Crippen LogP contribution is 2.34. The van der Waals surface area contributed by atoms with E-state index in [0.29, 0.717) is 12.8 Å². The van der Waals surface area contributed by atoms with Crippen molar-refractivity contribution in [3.05, 3.63) is 0 Å². The number of nitrogens with one attached hydrogen (secondary N) is 2. The van der Waals surface area contributed by atoms with Gasteiger partial charge < -0.3 is 0 Å². The predicted molar refractivity (Wildman–Crippen MR) is 111 cm³/mol. The van der Waals surface area contributed by atoms with E-state index in [0.717, 1.165) is 0 Å². The molecule has 0 spiro atoms. The zero-order chi connectivity index (χ0) is 22.6. The first-order valence-electron chi connectivity index (χ1n) is 9.60. The van der Waals surface area contributed by atoms with Crippen molar-refractivity contribution >= 4 is 12.1 Å². The third-order valence-corrected chi connectivity index (χ3v) is 4.78. The van der Waals surface area contributed by atoms with Crippen molar-refractivity contribution in [2.24, 2.45) is 21.9 Å². The molecule has 10 nitrogen and oxygen atoms in total. The molecule has 0 aliphatic carbocycles. The Balaban J connectivity index is 6.37. The minimum absolute atomic E-state index is 0.457. The van der Waals surface area contributed by atoms with E-state index in [1.54, 1.807) is 9.80 Å². The Kier molecular flexibility index (Phi) is 8.41. The second-order valence-corrected chi connectivity index (χ2v) is 9.25. The number of carbonyl (C=O) groups excluding carboxylic acids is 2. The van der Waals surface area contributed by atoms with Gasteiger partial charge in [0.25, 0.3) is 0 Å². The molecule has 0 aromatic carbocycles. The predicted octanol–water partition coefficient (Wildman–Crippen LogP) is 3.06. The molecule has 0 saturated carbocycles. The fourth-order valence-electron chi connectivity index (χ4n) is 3.38. The summed E-state index contributed by atoms with van der Waals surface area (Å²) in [5.74, 6) is 10.8. The van der Waals surface area contributed by atoms with Crippen LogP contribution in [0.25, 0.3) is 0 Å². The summed E-state index contributed by atoms with van der Waals surface area (Å²) in [5, 5.41) is 9.15. The summed E-state index contributed by atoms with van der Waals surface area (Å²) in [6.07, 6.45) is 0.999. The van der Waals surface area contributed by atoms with Crippen LogP contribution in [0.5, 0.6) is 0 Å². The van der Waals surface area contributed by atoms with Gasteiger partial charge >= 0.3 is 12.1 Å². The van der Waals surface area contributed by atoms with Crippen LogP contribution in [0.15, 0.2) is 10.2 Å². The number of rotatable bonds is 6. The first-order chi connectivity index (χ1) is 12.5. The van der Waals surface area contributed by atoms with Crippen molar-refractivity contribution in [3.8, 4) is 0 Å². The molecule has 0 aromatic heterocycles. The zero-order valence-electron chi connectivity index (χ0n) is 19.2. The van der Waals surface area contributed by atoms with Crippen molar-refractivity contribution in [2.45, 2.75) is 104 Å². The lowest BCUT2D eigenvalue weighted by Crippen LogP contribution is -2.63. The Bertz CT molecular complexity index is 531. The third kappa shape index (κ3) is 5.78. The van der Waals surface area contributed by atoms with E-state index < -0.39 is 34.5 Å². The summed E-state index contributed by atoms with van der Waals surface area (Å²) in [7, 11) is 0. The normalized spacial score (nSPS) is 16.9. The van der Waals surface area contributed by atoms with Gasteiger partial charge in [0, 0.05) is 11.1 Å². The van der Waals surface area contributed by atoms with Crippen LogP contribution in [0.3, 0.4) is 0 Å². The molecular weight excluding hydrogens is 360 g/mol. The molecule has 0 aromatic rings. The van der Waals surface area contributed by atoms with Gasteiger partial charge in [0.15, 0.2) is 11.3 Å². The molecule has 0 radical (unpaired) electrons. The van der Waals surface area contributed by atoms with Crippen LogP contribution in [0.2, 0.25) is 0 Å². The third-order valence-electron chi connectivity index (χ3n) is 4.78. The molecule has 2 unspecified atom stereocenters. The molecule has 6 N–H and O–H groups in total. The lowest BCUT2D eigenvalue weighted by molar-refractivity contribution is 0.0267. The smallest absolute Gasteiger partial charge is 0.292 e. The van der Waals surface area contributed by atoms with E-state index in [1.165, 1.54) is 0 Å². The van der Waals surface area contributed by atoms with Crippen molar-refractivity contribution < 1.29 is 9.59 Å². The molecule has 0 aliphatic heterocycles. The maximum absolute atomic E-state index is 12.5. The topological polar surface area (TPSA) is 141 Å². The van der Waals surface area contributed by atoms with Crippen LogP contribution >= 0.6 is 0 Å².